The maximum atomic E-state index is 13.1. The lowest BCUT2D eigenvalue weighted by Gasteiger charge is -2.09. The third-order valence-corrected chi connectivity index (χ3v) is 5.13. The summed E-state index contributed by atoms with van der Waals surface area (Å²) in [6.45, 7) is 0.450. The quantitative estimate of drug-likeness (QED) is 0.152. The molecule has 0 unspecified atom stereocenters. The molecule has 1 heterocycles. The van der Waals surface area contributed by atoms with Crippen molar-refractivity contribution < 1.29 is 0 Å². The van der Waals surface area contributed by atoms with E-state index in [2.05, 4.69) is 34.6 Å². The van der Waals surface area contributed by atoms with Crippen molar-refractivity contribution >= 4 is 16.6 Å². The third-order valence-electron chi connectivity index (χ3n) is 5.13. The van der Waals surface area contributed by atoms with E-state index in [1.807, 2.05) is 72.9 Å². The van der Waals surface area contributed by atoms with Gasteiger partial charge in [0.25, 0.3) is 5.56 Å². The third kappa shape index (κ3) is 4.86. The second kappa shape index (κ2) is 9.65. The molecule has 158 valence electrons. The normalized spacial score (nSPS) is 11.1. The van der Waals surface area contributed by atoms with Gasteiger partial charge in [-0.2, -0.15) is 0 Å². The SMILES string of the molecule is NN/N=C(\N)c1ccc(Cn2ccc3ccc(C#CCc4ccccc4)cc3c2=O)cc1. The number of fused-ring (bicyclic) bond motifs is 1. The molecule has 0 saturated carbocycles. The van der Waals surface area contributed by atoms with Gasteiger partial charge in [0.05, 0.1) is 6.54 Å². The lowest BCUT2D eigenvalue weighted by molar-refractivity contribution is 0.768. The van der Waals surface area contributed by atoms with Crippen molar-refractivity contribution in [3.8, 4) is 11.8 Å². The Kier molecular flexibility index (Phi) is 6.30. The van der Waals surface area contributed by atoms with E-state index >= 15 is 0 Å². The smallest absolute Gasteiger partial charge is 0.258 e. The fraction of sp³-hybridized carbons (Fsp3) is 0.0769. The van der Waals surface area contributed by atoms with Crippen molar-refractivity contribution in [1.82, 2.24) is 10.1 Å². The zero-order valence-electron chi connectivity index (χ0n) is 17.5. The molecule has 3 aromatic carbocycles. The van der Waals surface area contributed by atoms with Crippen LogP contribution in [0.25, 0.3) is 10.8 Å². The van der Waals surface area contributed by atoms with Crippen LogP contribution in [0.3, 0.4) is 0 Å². The maximum absolute atomic E-state index is 13.1. The summed E-state index contributed by atoms with van der Waals surface area (Å²) < 4.78 is 1.69. The average Bonchev–Trinajstić information content (AvgIpc) is 2.82. The van der Waals surface area contributed by atoms with Crippen molar-refractivity contribution in [3.05, 3.63) is 118 Å². The van der Waals surface area contributed by atoms with Gasteiger partial charge in [-0.3, -0.25) is 4.79 Å². The van der Waals surface area contributed by atoms with Gasteiger partial charge in [-0.25, -0.2) is 11.4 Å². The Bertz CT molecular complexity index is 1380. The number of nitrogens with one attached hydrogen (secondary N) is 1. The van der Waals surface area contributed by atoms with Crippen LogP contribution in [0.4, 0.5) is 0 Å². The Morgan fingerprint density at radius 3 is 2.50 bits per heavy atom. The standard InChI is InChI=1S/C26H23N5O/c27-25(29-30-28)23-13-10-21(11-14-23)18-31-16-15-22-12-9-20(17-24(22)26(31)32)8-4-7-19-5-2-1-3-6-19/h1-3,5-6,9-17,30H,7,18,28H2,(H2,27,29). The van der Waals surface area contributed by atoms with E-state index < -0.39 is 0 Å². The van der Waals surface area contributed by atoms with Crippen LogP contribution in [0, 0.1) is 11.8 Å². The first-order chi connectivity index (χ1) is 15.6. The van der Waals surface area contributed by atoms with Gasteiger partial charge in [0.2, 0.25) is 0 Å². The van der Waals surface area contributed by atoms with E-state index in [0.717, 1.165) is 22.1 Å². The highest BCUT2D eigenvalue weighted by Crippen LogP contribution is 2.13. The second-order valence-corrected chi connectivity index (χ2v) is 7.34. The fourth-order valence-electron chi connectivity index (χ4n) is 3.44. The molecule has 4 rings (SSSR count). The summed E-state index contributed by atoms with van der Waals surface area (Å²) in [6.07, 6.45) is 2.48. The summed E-state index contributed by atoms with van der Waals surface area (Å²) in [5.41, 5.74) is 11.7. The predicted octanol–water partition coefficient (Wildman–Crippen LogP) is 2.73. The Morgan fingerprint density at radius 2 is 1.75 bits per heavy atom. The molecule has 0 spiro atoms. The van der Waals surface area contributed by atoms with Gasteiger partial charge in [0.1, 0.15) is 0 Å². The molecule has 0 fully saturated rings. The number of pyridine rings is 1. The van der Waals surface area contributed by atoms with E-state index in [-0.39, 0.29) is 5.56 Å². The molecule has 0 aliphatic carbocycles. The van der Waals surface area contributed by atoms with Gasteiger partial charge >= 0.3 is 0 Å². The first kappa shape index (κ1) is 20.9. The van der Waals surface area contributed by atoms with Crippen molar-refractivity contribution in [1.29, 1.82) is 0 Å². The van der Waals surface area contributed by atoms with Crippen molar-refractivity contribution in [3.63, 3.8) is 0 Å². The van der Waals surface area contributed by atoms with Gasteiger partial charge in [-0.05, 0) is 34.7 Å². The highest BCUT2D eigenvalue weighted by molar-refractivity contribution is 5.97. The molecule has 0 saturated heterocycles. The summed E-state index contributed by atoms with van der Waals surface area (Å²) >= 11 is 0. The minimum absolute atomic E-state index is 0.0494. The summed E-state index contributed by atoms with van der Waals surface area (Å²) in [4.78, 5) is 13.1. The minimum Gasteiger partial charge on any atom is -0.382 e. The predicted molar refractivity (Wildman–Crippen MR) is 129 cm³/mol. The van der Waals surface area contributed by atoms with E-state index in [1.54, 1.807) is 4.57 Å². The lowest BCUT2D eigenvalue weighted by atomic mass is 10.1. The number of rotatable bonds is 5. The number of nitrogens with two attached hydrogens (primary N) is 2. The first-order valence-corrected chi connectivity index (χ1v) is 10.2. The molecule has 0 aliphatic rings. The Hall–Kier alpha value is -4.34. The van der Waals surface area contributed by atoms with E-state index in [0.29, 0.717) is 24.2 Å². The van der Waals surface area contributed by atoms with Gasteiger partial charge in [-0.15, -0.1) is 5.10 Å². The van der Waals surface area contributed by atoms with Crippen LogP contribution >= 0.6 is 0 Å². The van der Waals surface area contributed by atoms with Crippen LogP contribution in [0.15, 0.2) is 95.0 Å². The topological polar surface area (TPSA) is 98.4 Å². The van der Waals surface area contributed by atoms with Gasteiger partial charge < -0.3 is 10.3 Å². The molecule has 6 heteroatoms. The van der Waals surface area contributed by atoms with Crippen LogP contribution in [-0.2, 0) is 13.0 Å². The van der Waals surface area contributed by atoms with Crippen LogP contribution < -0.4 is 22.7 Å². The maximum Gasteiger partial charge on any atom is 0.258 e. The summed E-state index contributed by atoms with van der Waals surface area (Å²) in [6, 6.07) is 25.3. The number of amidine groups is 1. The molecule has 4 aromatic rings. The first-order valence-electron chi connectivity index (χ1n) is 10.2. The van der Waals surface area contributed by atoms with E-state index in [9.17, 15) is 4.79 Å². The molecule has 1 aromatic heterocycles. The zero-order chi connectivity index (χ0) is 22.3. The largest absolute Gasteiger partial charge is 0.382 e. The van der Waals surface area contributed by atoms with E-state index in [1.165, 1.54) is 5.56 Å². The number of aromatic nitrogens is 1. The van der Waals surface area contributed by atoms with Crippen LogP contribution in [-0.4, -0.2) is 10.4 Å². The Balaban J connectivity index is 1.57. The number of hydrogen-bond donors (Lipinski definition) is 3. The molecule has 5 N–H and O–H groups in total. The summed E-state index contributed by atoms with van der Waals surface area (Å²) in [7, 11) is 0. The lowest BCUT2D eigenvalue weighted by Crippen LogP contribution is -2.23. The molecule has 0 amide bonds. The van der Waals surface area contributed by atoms with Crippen molar-refractivity contribution in [2.24, 2.45) is 16.7 Å². The van der Waals surface area contributed by atoms with Crippen molar-refractivity contribution in [2.45, 2.75) is 13.0 Å². The highest BCUT2D eigenvalue weighted by atomic mass is 16.1. The number of hydrazone groups is 1. The average molecular weight is 422 g/mol. The summed E-state index contributed by atoms with van der Waals surface area (Å²) in [5, 5.41) is 5.31. The summed E-state index contributed by atoms with van der Waals surface area (Å²) in [5.74, 6) is 11.8. The molecule has 32 heavy (non-hydrogen) atoms. The molecular weight excluding hydrogens is 398 g/mol. The van der Waals surface area contributed by atoms with Gasteiger partial charge in [0, 0.05) is 29.1 Å². The second-order valence-electron chi connectivity index (χ2n) is 7.34. The molecule has 6 nitrogen and oxygen atoms in total. The van der Waals surface area contributed by atoms with Crippen LogP contribution in [0.2, 0.25) is 0 Å². The minimum atomic E-state index is -0.0494. The van der Waals surface area contributed by atoms with Gasteiger partial charge in [-0.1, -0.05) is 72.5 Å². The number of nitrogens with zero attached hydrogens (tertiary/aromatic N) is 2. The van der Waals surface area contributed by atoms with Crippen LogP contribution in [0.1, 0.15) is 22.3 Å². The number of benzene rings is 3. The van der Waals surface area contributed by atoms with Gasteiger partial charge in [0.15, 0.2) is 5.84 Å². The van der Waals surface area contributed by atoms with Crippen molar-refractivity contribution in [2.75, 3.05) is 0 Å². The Labute approximate surface area is 186 Å². The Morgan fingerprint density at radius 1 is 0.969 bits per heavy atom. The van der Waals surface area contributed by atoms with Crippen LogP contribution in [0.5, 0.6) is 0 Å². The zero-order valence-corrected chi connectivity index (χ0v) is 17.5. The molecule has 0 atom stereocenters. The fourth-order valence-corrected chi connectivity index (χ4v) is 3.44. The van der Waals surface area contributed by atoms with E-state index in [4.69, 9.17) is 11.6 Å². The molecular formula is C26H23N5O. The molecule has 0 radical (unpaired) electrons. The highest BCUT2D eigenvalue weighted by Gasteiger charge is 2.05. The number of hydrogen-bond acceptors (Lipinski definition) is 4. The number of hydrazine groups is 1. The molecule has 0 aliphatic heterocycles. The molecule has 0 bridgehead atoms. The monoisotopic (exact) mass is 421 g/mol.